The van der Waals surface area contributed by atoms with Crippen LogP contribution in [0.2, 0.25) is 0 Å². The zero-order valence-corrected chi connectivity index (χ0v) is 17.5. The number of pyridine rings is 1. The molecule has 0 radical (unpaired) electrons. The highest BCUT2D eigenvalue weighted by Gasteiger charge is 2.44. The largest absolute Gasteiger partial charge is 0.383 e. The number of carbonyl (C=O) groups excluding carboxylic acids is 2. The molecule has 4 rings (SSSR count). The predicted octanol–water partition coefficient (Wildman–Crippen LogP) is 3.39. The molecule has 0 saturated carbocycles. The Morgan fingerprint density at radius 2 is 2.00 bits per heavy atom. The molecule has 0 bridgehead atoms. The molecule has 0 fully saturated rings. The minimum absolute atomic E-state index is 0.0742. The van der Waals surface area contributed by atoms with Crippen molar-refractivity contribution < 1.29 is 14.3 Å². The molecule has 30 heavy (non-hydrogen) atoms. The van der Waals surface area contributed by atoms with Crippen molar-refractivity contribution in [3.63, 3.8) is 0 Å². The van der Waals surface area contributed by atoms with E-state index in [1.165, 1.54) is 0 Å². The van der Waals surface area contributed by atoms with Gasteiger partial charge in [-0.25, -0.2) is 0 Å². The van der Waals surface area contributed by atoms with Crippen LogP contribution >= 0.6 is 11.3 Å². The summed E-state index contributed by atoms with van der Waals surface area (Å²) in [6.07, 6.45) is 1.71. The number of nitrogens with one attached hydrogen (secondary N) is 1. The number of hydrogen-bond donors (Lipinski definition) is 1. The van der Waals surface area contributed by atoms with Crippen molar-refractivity contribution >= 4 is 23.2 Å². The van der Waals surface area contributed by atoms with E-state index < -0.39 is 5.92 Å². The standard InChI is InChI=1S/C23H23N3O3S/c1-29-13-12-26-21(19-10-6-14-30-19)20(17-8-2-3-9-18(17)23(26)28)22(27)25-15-16-7-4-5-11-24-16/h2-11,14,20-21H,12-13,15H2,1H3,(H,25,27)/t20-,21+/m0/s1. The molecule has 6 nitrogen and oxygen atoms in total. The lowest BCUT2D eigenvalue weighted by atomic mass is 9.81. The Labute approximate surface area is 179 Å². The van der Waals surface area contributed by atoms with Crippen molar-refractivity contribution in [3.05, 3.63) is 87.9 Å². The van der Waals surface area contributed by atoms with Gasteiger partial charge in [0.2, 0.25) is 5.91 Å². The van der Waals surface area contributed by atoms with Crippen LogP contribution in [0.25, 0.3) is 0 Å². The number of methoxy groups -OCH3 is 1. The minimum atomic E-state index is -0.516. The molecule has 2 aromatic heterocycles. The molecule has 0 unspecified atom stereocenters. The molecular weight excluding hydrogens is 398 g/mol. The van der Waals surface area contributed by atoms with Gasteiger partial charge in [-0.3, -0.25) is 14.6 Å². The lowest BCUT2D eigenvalue weighted by Crippen LogP contribution is -2.48. The number of benzene rings is 1. The van der Waals surface area contributed by atoms with E-state index in [4.69, 9.17) is 4.74 Å². The first-order valence-corrected chi connectivity index (χ1v) is 10.7. The number of ether oxygens (including phenoxy) is 1. The van der Waals surface area contributed by atoms with Gasteiger partial charge in [0.15, 0.2) is 0 Å². The average molecular weight is 422 g/mol. The van der Waals surface area contributed by atoms with Crippen LogP contribution in [0.4, 0.5) is 0 Å². The lowest BCUT2D eigenvalue weighted by Gasteiger charge is -2.41. The molecule has 1 aromatic carbocycles. The number of hydrogen-bond acceptors (Lipinski definition) is 5. The second-order valence-corrected chi connectivity index (χ2v) is 8.03. The van der Waals surface area contributed by atoms with Crippen LogP contribution in [-0.4, -0.2) is 42.0 Å². The molecule has 7 heteroatoms. The molecule has 154 valence electrons. The Morgan fingerprint density at radius 1 is 1.17 bits per heavy atom. The normalized spacial score (nSPS) is 18.2. The predicted molar refractivity (Wildman–Crippen MR) is 115 cm³/mol. The van der Waals surface area contributed by atoms with Crippen LogP contribution in [0.1, 0.15) is 38.5 Å². The second-order valence-electron chi connectivity index (χ2n) is 7.06. The van der Waals surface area contributed by atoms with Gasteiger partial charge in [-0.1, -0.05) is 30.3 Å². The summed E-state index contributed by atoms with van der Waals surface area (Å²) in [5, 5.41) is 5.00. The highest BCUT2D eigenvalue weighted by molar-refractivity contribution is 7.10. The van der Waals surface area contributed by atoms with Gasteiger partial charge in [-0.2, -0.15) is 0 Å². The van der Waals surface area contributed by atoms with Crippen molar-refractivity contribution in [2.45, 2.75) is 18.5 Å². The van der Waals surface area contributed by atoms with Gasteiger partial charge in [-0.05, 0) is 35.2 Å². The molecule has 2 atom stereocenters. The fraction of sp³-hybridized carbons (Fsp3) is 0.261. The fourth-order valence-electron chi connectivity index (χ4n) is 3.88. The zero-order chi connectivity index (χ0) is 20.9. The number of carbonyl (C=O) groups is 2. The number of amides is 2. The van der Waals surface area contributed by atoms with Crippen molar-refractivity contribution in [1.82, 2.24) is 15.2 Å². The Hall–Kier alpha value is -3.03. The smallest absolute Gasteiger partial charge is 0.254 e. The van der Waals surface area contributed by atoms with Gasteiger partial charge in [-0.15, -0.1) is 11.3 Å². The summed E-state index contributed by atoms with van der Waals surface area (Å²) in [4.78, 5) is 33.8. The first kappa shape index (κ1) is 20.3. The number of thiophene rings is 1. The van der Waals surface area contributed by atoms with Crippen LogP contribution in [0, 0.1) is 0 Å². The zero-order valence-electron chi connectivity index (χ0n) is 16.7. The summed E-state index contributed by atoms with van der Waals surface area (Å²) < 4.78 is 5.25. The van der Waals surface area contributed by atoms with Crippen LogP contribution < -0.4 is 5.32 Å². The quantitative estimate of drug-likeness (QED) is 0.635. The minimum Gasteiger partial charge on any atom is -0.383 e. The van der Waals surface area contributed by atoms with Gasteiger partial charge >= 0.3 is 0 Å². The summed E-state index contributed by atoms with van der Waals surface area (Å²) in [6.45, 7) is 1.15. The molecule has 0 aliphatic carbocycles. The summed E-state index contributed by atoms with van der Waals surface area (Å²) in [7, 11) is 1.61. The van der Waals surface area contributed by atoms with Gasteiger partial charge in [0.05, 0.1) is 30.8 Å². The second kappa shape index (κ2) is 9.19. The topological polar surface area (TPSA) is 71.5 Å². The number of nitrogens with zero attached hydrogens (tertiary/aromatic N) is 2. The van der Waals surface area contributed by atoms with Gasteiger partial charge in [0.25, 0.3) is 5.91 Å². The number of rotatable bonds is 7. The molecule has 3 heterocycles. The SMILES string of the molecule is COCCN1C(=O)c2ccccc2[C@H](C(=O)NCc2ccccn2)[C@H]1c1cccs1. The highest BCUT2D eigenvalue weighted by atomic mass is 32.1. The molecular formula is C23H23N3O3S. The van der Waals surface area contributed by atoms with E-state index in [1.807, 2.05) is 53.9 Å². The van der Waals surface area contributed by atoms with E-state index in [2.05, 4.69) is 10.3 Å². The van der Waals surface area contributed by atoms with Gasteiger partial charge < -0.3 is 15.0 Å². The van der Waals surface area contributed by atoms with E-state index in [1.54, 1.807) is 35.6 Å². The van der Waals surface area contributed by atoms with E-state index in [0.717, 1.165) is 16.1 Å². The fourth-order valence-corrected chi connectivity index (χ4v) is 4.75. The van der Waals surface area contributed by atoms with Crippen molar-refractivity contribution in [2.75, 3.05) is 20.3 Å². The van der Waals surface area contributed by atoms with Crippen LogP contribution in [-0.2, 0) is 16.1 Å². The maximum absolute atomic E-state index is 13.5. The summed E-state index contributed by atoms with van der Waals surface area (Å²) in [5.41, 5.74) is 2.11. The first-order chi connectivity index (χ1) is 14.7. The van der Waals surface area contributed by atoms with Crippen LogP contribution in [0.5, 0.6) is 0 Å². The summed E-state index contributed by atoms with van der Waals surface area (Å²) >= 11 is 1.55. The van der Waals surface area contributed by atoms with Crippen molar-refractivity contribution in [3.8, 4) is 0 Å². The molecule has 0 spiro atoms. The van der Waals surface area contributed by atoms with E-state index in [9.17, 15) is 9.59 Å². The van der Waals surface area contributed by atoms with Crippen LogP contribution in [0.15, 0.2) is 66.2 Å². The maximum atomic E-state index is 13.5. The van der Waals surface area contributed by atoms with E-state index in [0.29, 0.717) is 25.3 Å². The average Bonchev–Trinajstić information content (AvgIpc) is 3.32. The third kappa shape index (κ3) is 3.99. The van der Waals surface area contributed by atoms with Crippen molar-refractivity contribution in [1.29, 1.82) is 0 Å². The van der Waals surface area contributed by atoms with Crippen LogP contribution in [0.3, 0.4) is 0 Å². The Balaban J connectivity index is 1.72. The van der Waals surface area contributed by atoms with Gasteiger partial charge in [0, 0.05) is 30.3 Å². The maximum Gasteiger partial charge on any atom is 0.254 e. The highest BCUT2D eigenvalue weighted by Crippen LogP contribution is 2.44. The summed E-state index contributed by atoms with van der Waals surface area (Å²) in [5.74, 6) is -0.714. The number of fused-ring (bicyclic) bond motifs is 1. The van der Waals surface area contributed by atoms with E-state index >= 15 is 0 Å². The first-order valence-electron chi connectivity index (χ1n) is 9.80. The molecule has 1 N–H and O–H groups in total. The van der Waals surface area contributed by atoms with E-state index in [-0.39, 0.29) is 17.9 Å². The van der Waals surface area contributed by atoms with Crippen molar-refractivity contribution in [2.24, 2.45) is 0 Å². The monoisotopic (exact) mass is 421 g/mol. The Bertz CT molecular complexity index is 1010. The molecule has 1 aliphatic rings. The molecule has 2 amide bonds. The number of aromatic nitrogens is 1. The summed E-state index contributed by atoms with van der Waals surface area (Å²) in [6, 6.07) is 16.5. The third-order valence-corrected chi connectivity index (χ3v) is 6.20. The molecule has 1 aliphatic heterocycles. The Morgan fingerprint density at radius 3 is 2.73 bits per heavy atom. The van der Waals surface area contributed by atoms with Gasteiger partial charge in [0.1, 0.15) is 0 Å². The lowest BCUT2D eigenvalue weighted by molar-refractivity contribution is -0.124. The molecule has 3 aromatic rings. The molecule has 0 saturated heterocycles. The third-order valence-electron chi connectivity index (χ3n) is 5.26. The Kier molecular flexibility index (Phi) is 6.21.